The van der Waals surface area contributed by atoms with Crippen LogP contribution in [-0.4, -0.2) is 17.7 Å². The Balaban J connectivity index is 1.83. The normalized spacial score (nSPS) is 11.7. The van der Waals surface area contributed by atoms with Crippen molar-refractivity contribution in [2.24, 2.45) is 10.2 Å². The van der Waals surface area contributed by atoms with Crippen LogP contribution < -0.4 is 4.74 Å². The molecule has 2 aromatic rings. The molecule has 5 nitrogen and oxygen atoms in total. The SMILES string of the molecule is O=C(O)CCCCCOc1ccc(N=Nc2cccc(C(F)(F)F)c2)cc1. The first-order valence-electron chi connectivity index (χ1n) is 8.38. The highest BCUT2D eigenvalue weighted by Gasteiger charge is 2.30. The first-order chi connectivity index (χ1) is 12.8. The zero-order valence-corrected chi connectivity index (χ0v) is 14.4. The molecule has 0 spiro atoms. The lowest BCUT2D eigenvalue weighted by Gasteiger charge is -2.06. The lowest BCUT2D eigenvalue weighted by molar-refractivity contribution is -0.138. The van der Waals surface area contributed by atoms with Gasteiger partial charge in [-0.1, -0.05) is 6.07 Å². The minimum absolute atomic E-state index is 0.117. The number of aliphatic carboxylic acids is 1. The average molecular weight is 380 g/mol. The molecular formula is C19H19F3N2O3. The number of halogens is 3. The van der Waals surface area contributed by atoms with Gasteiger partial charge in [-0.15, -0.1) is 0 Å². The highest BCUT2D eigenvalue weighted by Crippen LogP contribution is 2.32. The fraction of sp³-hybridized carbons (Fsp3) is 0.316. The van der Waals surface area contributed by atoms with Gasteiger partial charge in [0, 0.05) is 6.42 Å². The van der Waals surface area contributed by atoms with Crippen molar-refractivity contribution in [3.63, 3.8) is 0 Å². The van der Waals surface area contributed by atoms with Gasteiger partial charge in [0.05, 0.1) is 23.5 Å². The Morgan fingerprint density at radius 3 is 2.33 bits per heavy atom. The maximum absolute atomic E-state index is 12.7. The second-order valence-corrected chi connectivity index (χ2v) is 5.79. The number of hydrogen-bond donors (Lipinski definition) is 1. The number of ether oxygens (including phenoxy) is 1. The Morgan fingerprint density at radius 1 is 0.963 bits per heavy atom. The predicted octanol–water partition coefficient (Wildman–Crippen LogP) is 6.14. The first-order valence-corrected chi connectivity index (χ1v) is 8.38. The Kier molecular flexibility index (Phi) is 7.34. The summed E-state index contributed by atoms with van der Waals surface area (Å²) >= 11 is 0. The van der Waals surface area contributed by atoms with Crippen molar-refractivity contribution in [1.29, 1.82) is 0 Å². The summed E-state index contributed by atoms with van der Waals surface area (Å²) in [5, 5.41) is 16.3. The molecule has 2 aromatic carbocycles. The van der Waals surface area contributed by atoms with E-state index in [-0.39, 0.29) is 12.1 Å². The monoisotopic (exact) mass is 380 g/mol. The Labute approximate surface area is 154 Å². The minimum Gasteiger partial charge on any atom is -0.494 e. The van der Waals surface area contributed by atoms with Crippen LogP contribution in [0.15, 0.2) is 58.8 Å². The number of carbonyl (C=O) groups is 1. The number of azo groups is 1. The van der Waals surface area contributed by atoms with Gasteiger partial charge in [0.25, 0.3) is 0 Å². The predicted molar refractivity (Wildman–Crippen MR) is 93.7 cm³/mol. The number of nitrogens with zero attached hydrogens (tertiary/aromatic N) is 2. The van der Waals surface area contributed by atoms with E-state index in [1.165, 1.54) is 12.1 Å². The summed E-state index contributed by atoms with van der Waals surface area (Å²) in [6.45, 7) is 0.477. The molecule has 0 aliphatic carbocycles. The van der Waals surface area contributed by atoms with Crippen molar-refractivity contribution in [2.75, 3.05) is 6.61 Å². The second kappa shape index (κ2) is 9.70. The van der Waals surface area contributed by atoms with Crippen LogP contribution in [0.1, 0.15) is 31.2 Å². The van der Waals surface area contributed by atoms with Crippen LogP contribution in [0.2, 0.25) is 0 Å². The minimum atomic E-state index is -4.42. The van der Waals surface area contributed by atoms with Crippen LogP contribution in [0, 0.1) is 0 Å². The summed E-state index contributed by atoms with van der Waals surface area (Å²) in [6.07, 6.45) is -2.11. The molecule has 144 valence electrons. The quantitative estimate of drug-likeness (QED) is 0.419. The van der Waals surface area contributed by atoms with E-state index < -0.39 is 17.7 Å². The van der Waals surface area contributed by atoms with Crippen LogP contribution in [0.3, 0.4) is 0 Å². The van der Waals surface area contributed by atoms with Crippen molar-refractivity contribution in [3.05, 3.63) is 54.1 Å². The largest absolute Gasteiger partial charge is 0.494 e. The molecule has 0 aromatic heterocycles. The van der Waals surface area contributed by atoms with Crippen LogP contribution >= 0.6 is 0 Å². The molecule has 0 unspecified atom stereocenters. The number of alkyl halides is 3. The summed E-state index contributed by atoms with van der Waals surface area (Å²) in [4.78, 5) is 10.4. The van der Waals surface area contributed by atoms with Gasteiger partial charge in [-0.05, 0) is 61.7 Å². The van der Waals surface area contributed by atoms with Gasteiger partial charge in [-0.2, -0.15) is 23.4 Å². The number of carboxylic acids is 1. The van der Waals surface area contributed by atoms with Crippen LogP contribution in [0.25, 0.3) is 0 Å². The van der Waals surface area contributed by atoms with E-state index in [0.717, 1.165) is 25.0 Å². The van der Waals surface area contributed by atoms with Gasteiger partial charge in [0.15, 0.2) is 0 Å². The van der Waals surface area contributed by atoms with Crippen molar-refractivity contribution < 1.29 is 27.8 Å². The van der Waals surface area contributed by atoms with Gasteiger partial charge in [0.1, 0.15) is 5.75 Å². The molecule has 0 radical (unpaired) electrons. The third-order valence-corrected chi connectivity index (χ3v) is 3.59. The summed E-state index contributed by atoms with van der Waals surface area (Å²) < 4.78 is 43.5. The molecule has 0 heterocycles. The zero-order chi connectivity index (χ0) is 19.7. The molecule has 0 saturated heterocycles. The summed E-state index contributed by atoms with van der Waals surface area (Å²) in [5.74, 6) is -0.169. The fourth-order valence-corrected chi connectivity index (χ4v) is 2.21. The highest BCUT2D eigenvalue weighted by atomic mass is 19.4. The zero-order valence-electron chi connectivity index (χ0n) is 14.4. The standard InChI is InChI=1S/C19H19F3N2O3/c20-19(21,22)14-5-4-6-16(13-14)24-23-15-8-10-17(11-9-15)27-12-3-1-2-7-18(25)26/h4-6,8-11,13H,1-3,7,12H2,(H,25,26). The second-order valence-electron chi connectivity index (χ2n) is 5.79. The molecule has 27 heavy (non-hydrogen) atoms. The van der Waals surface area contributed by atoms with E-state index in [4.69, 9.17) is 9.84 Å². The maximum Gasteiger partial charge on any atom is 0.416 e. The third-order valence-electron chi connectivity index (χ3n) is 3.59. The maximum atomic E-state index is 12.7. The third kappa shape index (κ3) is 7.47. The van der Waals surface area contributed by atoms with Crippen LogP contribution in [0.5, 0.6) is 5.75 Å². The van der Waals surface area contributed by atoms with Crippen molar-refractivity contribution in [2.45, 2.75) is 31.9 Å². The van der Waals surface area contributed by atoms with Crippen molar-refractivity contribution in [1.82, 2.24) is 0 Å². The lowest BCUT2D eigenvalue weighted by atomic mass is 10.2. The van der Waals surface area contributed by atoms with Crippen molar-refractivity contribution in [3.8, 4) is 5.75 Å². The molecule has 0 aliphatic heterocycles. The van der Waals surface area contributed by atoms with E-state index >= 15 is 0 Å². The summed E-state index contributed by atoms with van der Waals surface area (Å²) in [6, 6.07) is 11.3. The van der Waals surface area contributed by atoms with Crippen molar-refractivity contribution >= 4 is 17.3 Å². The smallest absolute Gasteiger partial charge is 0.416 e. The van der Waals surface area contributed by atoms with Gasteiger partial charge in [0.2, 0.25) is 0 Å². The Hall–Kier alpha value is -2.90. The molecule has 0 atom stereocenters. The van der Waals surface area contributed by atoms with E-state index in [1.54, 1.807) is 24.3 Å². The van der Waals surface area contributed by atoms with E-state index in [1.807, 2.05) is 0 Å². The lowest BCUT2D eigenvalue weighted by Crippen LogP contribution is -2.03. The first kappa shape index (κ1) is 20.4. The van der Waals surface area contributed by atoms with Gasteiger partial charge in [-0.25, -0.2) is 0 Å². The highest BCUT2D eigenvalue weighted by molar-refractivity contribution is 5.66. The number of carboxylic acid groups (broad SMARTS) is 1. The van der Waals surface area contributed by atoms with Gasteiger partial charge < -0.3 is 9.84 Å². The molecule has 0 fully saturated rings. The van der Waals surface area contributed by atoms with Gasteiger partial charge in [-0.3, -0.25) is 4.79 Å². The molecule has 8 heteroatoms. The average Bonchev–Trinajstić information content (AvgIpc) is 2.63. The molecule has 2 rings (SSSR count). The molecule has 0 aliphatic rings. The van der Waals surface area contributed by atoms with Crippen LogP contribution in [0.4, 0.5) is 24.5 Å². The topological polar surface area (TPSA) is 71.2 Å². The molecule has 0 amide bonds. The fourth-order valence-electron chi connectivity index (χ4n) is 2.21. The molecular weight excluding hydrogens is 361 g/mol. The number of hydrogen-bond acceptors (Lipinski definition) is 4. The Bertz CT molecular complexity index is 775. The van der Waals surface area contributed by atoms with E-state index in [9.17, 15) is 18.0 Å². The summed E-state index contributed by atoms with van der Waals surface area (Å²) in [5.41, 5.74) is -0.168. The number of rotatable bonds is 9. The molecule has 0 bridgehead atoms. The van der Waals surface area contributed by atoms with E-state index in [2.05, 4.69) is 10.2 Å². The molecule has 0 saturated carbocycles. The Morgan fingerprint density at radius 2 is 1.67 bits per heavy atom. The van der Waals surface area contributed by atoms with Gasteiger partial charge >= 0.3 is 12.1 Å². The summed E-state index contributed by atoms with van der Waals surface area (Å²) in [7, 11) is 0. The van der Waals surface area contributed by atoms with Crippen LogP contribution in [-0.2, 0) is 11.0 Å². The van der Waals surface area contributed by atoms with E-state index in [0.29, 0.717) is 24.5 Å². The molecule has 1 N–H and O–H groups in total. The number of benzene rings is 2. The number of unbranched alkanes of at least 4 members (excludes halogenated alkanes) is 2.